The lowest BCUT2D eigenvalue weighted by Crippen LogP contribution is -2.48. The lowest BCUT2D eigenvalue weighted by atomic mass is 9.52. The van der Waals surface area contributed by atoms with Crippen molar-refractivity contribution in [2.75, 3.05) is 7.11 Å². The van der Waals surface area contributed by atoms with Crippen molar-refractivity contribution in [3.05, 3.63) is 41.0 Å². The fourth-order valence-electron chi connectivity index (χ4n) is 6.68. The summed E-state index contributed by atoms with van der Waals surface area (Å²) in [5.41, 5.74) is 4.51. The Labute approximate surface area is 196 Å². The fourth-order valence-corrected chi connectivity index (χ4v) is 8.08. The summed E-state index contributed by atoms with van der Waals surface area (Å²) >= 11 is 0. The standard InChI is InChI=1S/C28H42O3Si/c1-27(2,3)32(6,7)31-25-14-13-24-22(25)11-12-23-21-10-8-19(9-15-26(29)30-5)18-20(21)16-17-28(23,24)4/h8-10,15,18,22-25H,11-14,16-17H2,1-7H3/b15-9+/t22-,23+,24+,25-,28+/m0/s1. The minimum absolute atomic E-state index is 0.274. The predicted molar refractivity (Wildman–Crippen MR) is 134 cm³/mol. The van der Waals surface area contributed by atoms with E-state index < -0.39 is 8.32 Å². The molecule has 0 saturated heterocycles. The first-order valence-electron chi connectivity index (χ1n) is 12.5. The van der Waals surface area contributed by atoms with Crippen molar-refractivity contribution in [2.24, 2.45) is 17.3 Å². The zero-order chi connectivity index (χ0) is 23.3. The normalized spacial score (nSPS) is 32.3. The molecule has 0 aliphatic heterocycles. The Kier molecular flexibility index (Phi) is 6.26. The largest absolute Gasteiger partial charge is 0.466 e. The van der Waals surface area contributed by atoms with E-state index in [2.05, 4.69) is 59.0 Å². The van der Waals surface area contributed by atoms with Crippen LogP contribution in [0.1, 0.15) is 82.4 Å². The van der Waals surface area contributed by atoms with E-state index in [-0.39, 0.29) is 11.0 Å². The van der Waals surface area contributed by atoms with Crippen LogP contribution in [0.3, 0.4) is 0 Å². The molecule has 3 aliphatic carbocycles. The van der Waals surface area contributed by atoms with Gasteiger partial charge in [0.15, 0.2) is 8.32 Å². The van der Waals surface area contributed by atoms with Crippen LogP contribution < -0.4 is 0 Å². The van der Waals surface area contributed by atoms with E-state index in [0.29, 0.717) is 17.4 Å². The topological polar surface area (TPSA) is 35.5 Å². The number of esters is 1. The number of carbonyl (C=O) groups is 1. The molecule has 32 heavy (non-hydrogen) atoms. The average molecular weight is 455 g/mol. The monoisotopic (exact) mass is 454 g/mol. The fraction of sp³-hybridized carbons (Fsp3) is 0.679. The molecule has 0 bridgehead atoms. The number of hydrogen-bond acceptors (Lipinski definition) is 3. The molecule has 0 spiro atoms. The Bertz CT molecular complexity index is 896. The van der Waals surface area contributed by atoms with E-state index >= 15 is 0 Å². The van der Waals surface area contributed by atoms with Crippen molar-refractivity contribution < 1.29 is 14.0 Å². The van der Waals surface area contributed by atoms with Crippen LogP contribution in [-0.4, -0.2) is 27.5 Å². The smallest absolute Gasteiger partial charge is 0.330 e. The van der Waals surface area contributed by atoms with Gasteiger partial charge in [0.2, 0.25) is 0 Å². The van der Waals surface area contributed by atoms with Crippen LogP contribution >= 0.6 is 0 Å². The molecule has 4 heteroatoms. The van der Waals surface area contributed by atoms with Crippen molar-refractivity contribution in [3.8, 4) is 0 Å². The molecule has 176 valence electrons. The van der Waals surface area contributed by atoms with E-state index in [4.69, 9.17) is 9.16 Å². The second kappa shape index (κ2) is 8.43. The van der Waals surface area contributed by atoms with Gasteiger partial charge in [-0.25, -0.2) is 4.79 Å². The number of fused-ring (bicyclic) bond motifs is 5. The minimum atomic E-state index is -1.74. The van der Waals surface area contributed by atoms with Gasteiger partial charge in [0, 0.05) is 12.2 Å². The molecular weight excluding hydrogens is 412 g/mol. The maximum atomic E-state index is 11.5. The van der Waals surface area contributed by atoms with Gasteiger partial charge in [0.05, 0.1) is 7.11 Å². The van der Waals surface area contributed by atoms with Crippen LogP contribution in [0.4, 0.5) is 0 Å². The molecule has 3 aliphatic rings. The maximum Gasteiger partial charge on any atom is 0.330 e. The van der Waals surface area contributed by atoms with Crippen LogP contribution in [0.2, 0.25) is 18.1 Å². The van der Waals surface area contributed by atoms with Crippen LogP contribution in [0.5, 0.6) is 0 Å². The molecule has 1 aromatic carbocycles. The lowest BCUT2D eigenvalue weighted by molar-refractivity contribution is -0.134. The van der Waals surface area contributed by atoms with Gasteiger partial charge in [-0.1, -0.05) is 45.9 Å². The minimum Gasteiger partial charge on any atom is -0.466 e. The quantitative estimate of drug-likeness (QED) is 0.276. The first-order chi connectivity index (χ1) is 15.0. The van der Waals surface area contributed by atoms with Crippen LogP contribution in [0.15, 0.2) is 24.3 Å². The van der Waals surface area contributed by atoms with Crippen molar-refractivity contribution in [3.63, 3.8) is 0 Å². The van der Waals surface area contributed by atoms with Gasteiger partial charge in [-0.3, -0.25) is 0 Å². The van der Waals surface area contributed by atoms with Crippen LogP contribution in [-0.2, 0) is 20.4 Å². The van der Waals surface area contributed by atoms with Gasteiger partial charge in [0.25, 0.3) is 0 Å². The number of carbonyl (C=O) groups excluding carboxylic acids is 1. The Hall–Kier alpha value is -1.39. The van der Waals surface area contributed by atoms with Crippen molar-refractivity contribution in [1.82, 2.24) is 0 Å². The number of hydrogen-bond donors (Lipinski definition) is 0. The molecule has 0 unspecified atom stereocenters. The molecule has 0 amide bonds. The maximum absolute atomic E-state index is 11.5. The number of aryl methyl sites for hydroxylation is 1. The van der Waals surface area contributed by atoms with Crippen LogP contribution in [0.25, 0.3) is 6.08 Å². The van der Waals surface area contributed by atoms with Crippen LogP contribution in [0, 0.1) is 17.3 Å². The highest BCUT2D eigenvalue weighted by molar-refractivity contribution is 6.74. The van der Waals surface area contributed by atoms with Gasteiger partial charge in [0.1, 0.15) is 0 Å². The van der Waals surface area contributed by atoms with Gasteiger partial charge in [-0.2, -0.15) is 0 Å². The summed E-state index contributed by atoms with van der Waals surface area (Å²) in [4.78, 5) is 11.5. The third kappa shape index (κ3) is 4.14. The zero-order valence-corrected chi connectivity index (χ0v) is 22.2. The summed E-state index contributed by atoms with van der Waals surface area (Å²) in [7, 11) is -0.318. The molecule has 3 nitrogen and oxygen atoms in total. The first-order valence-corrected chi connectivity index (χ1v) is 15.4. The Balaban J connectivity index is 1.54. The molecule has 0 heterocycles. The van der Waals surface area contributed by atoms with Crippen molar-refractivity contribution >= 4 is 20.4 Å². The van der Waals surface area contributed by atoms with Gasteiger partial charge >= 0.3 is 5.97 Å². The summed E-state index contributed by atoms with van der Waals surface area (Å²) in [6.07, 6.45) is 11.4. The first kappa shape index (κ1) is 23.8. The molecule has 5 atom stereocenters. The van der Waals surface area contributed by atoms with Gasteiger partial charge in [-0.15, -0.1) is 0 Å². The molecule has 0 N–H and O–H groups in total. The third-order valence-electron chi connectivity index (χ3n) is 9.53. The summed E-state index contributed by atoms with van der Waals surface area (Å²) in [5.74, 6) is 1.86. The van der Waals surface area contributed by atoms with Gasteiger partial charge in [-0.05, 0) is 103 Å². The van der Waals surface area contributed by atoms with E-state index in [1.807, 2.05) is 6.08 Å². The predicted octanol–water partition coefficient (Wildman–Crippen LogP) is 7.12. The Morgan fingerprint density at radius 3 is 2.59 bits per heavy atom. The molecular formula is C28H42O3Si. The van der Waals surface area contributed by atoms with Crippen molar-refractivity contribution in [1.29, 1.82) is 0 Å². The Morgan fingerprint density at radius 1 is 1.16 bits per heavy atom. The summed E-state index contributed by atoms with van der Waals surface area (Å²) in [5, 5.41) is 0.274. The number of benzene rings is 1. The number of ether oxygens (including phenoxy) is 1. The number of methoxy groups -OCH3 is 1. The zero-order valence-electron chi connectivity index (χ0n) is 21.2. The Morgan fingerprint density at radius 2 is 1.91 bits per heavy atom. The second-order valence-electron chi connectivity index (χ2n) is 12.2. The molecule has 0 aromatic heterocycles. The second-order valence-corrected chi connectivity index (χ2v) is 17.0. The van der Waals surface area contributed by atoms with Crippen molar-refractivity contribution in [2.45, 2.75) is 96.4 Å². The summed E-state index contributed by atoms with van der Waals surface area (Å²) < 4.78 is 11.7. The highest BCUT2D eigenvalue weighted by Gasteiger charge is 2.55. The highest BCUT2D eigenvalue weighted by Crippen LogP contribution is 2.63. The SMILES string of the molecule is COC(=O)/C=C/c1ccc2c(c1)CC[C@]1(C)[C@@H]2CC[C@@H]2[C@@H](O[Si](C)(C)C(C)(C)C)CC[C@H]21. The third-order valence-corrected chi connectivity index (χ3v) is 14.0. The molecule has 2 fully saturated rings. The highest BCUT2D eigenvalue weighted by atomic mass is 28.4. The van der Waals surface area contributed by atoms with Gasteiger partial charge < -0.3 is 9.16 Å². The van der Waals surface area contributed by atoms with E-state index in [9.17, 15) is 4.79 Å². The lowest BCUT2D eigenvalue weighted by Gasteiger charge is -2.53. The summed E-state index contributed by atoms with van der Waals surface area (Å²) in [6.45, 7) is 14.5. The average Bonchev–Trinajstić information content (AvgIpc) is 3.14. The molecule has 1 aromatic rings. The molecule has 0 radical (unpaired) electrons. The number of rotatable bonds is 4. The van der Waals surface area contributed by atoms with E-state index in [0.717, 1.165) is 23.8 Å². The molecule has 2 saturated carbocycles. The van der Waals surface area contributed by atoms with E-state index in [1.165, 1.54) is 50.9 Å². The summed E-state index contributed by atoms with van der Waals surface area (Å²) in [6, 6.07) is 6.81. The molecule has 4 rings (SSSR count). The van der Waals surface area contributed by atoms with E-state index in [1.54, 1.807) is 5.56 Å².